The summed E-state index contributed by atoms with van der Waals surface area (Å²) in [6.45, 7) is 8.62. The van der Waals surface area contributed by atoms with Crippen molar-refractivity contribution in [3.8, 4) is 0 Å². The Morgan fingerprint density at radius 3 is 2.65 bits per heavy atom. The molecule has 2 unspecified atom stereocenters. The lowest BCUT2D eigenvalue weighted by atomic mass is 9.83. The molecule has 2 N–H and O–H groups in total. The summed E-state index contributed by atoms with van der Waals surface area (Å²) in [5.74, 6) is 0.572. The van der Waals surface area contributed by atoms with Gasteiger partial charge in [0.2, 0.25) is 5.91 Å². The van der Waals surface area contributed by atoms with Gasteiger partial charge >= 0.3 is 0 Å². The van der Waals surface area contributed by atoms with E-state index in [0.717, 1.165) is 25.9 Å². The van der Waals surface area contributed by atoms with Crippen LogP contribution in [0.15, 0.2) is 0 Å². The van der Waals surface area contributed by atoms with Crippen molar-refractivity contribution in [1.82, 2.24) is 10.6 Å². The molecule has 4 heteroatoms. The lowest BCUT2D eigenvalue weighted by Crippen LogP contribution is -2.49. The van der Waals surface area contributed by atoms with Gasteiger partial charge in [0.25, 0.3) is 0 Å². The van der Waals surface area contributed by atoms with Crippen LogP contribution in [0.4, 0.5) is 0 Å². The number of hydrogen-bond donors (Lipinski definition) is 2. The topological polar surface area (TPSA) is 50.4 Å². The van der Waals surface area contributed by atoms with Crippen molar-refractivity contribution < 1.29 is 9.53 Å². The number of carbonyl (C=O) groups is 1. The highest BCUT2D eigenvalue weighted by molar-refractivity contribution is 5.83. The summed E-state index contributed by atoms with van der Waals surface area (Å²) in [5.41, 5.74) is -0.207. The van der Waals surface area contributed by atoms with Crippen LogP contribution in [-0.4, -0.2) is 38.8 Å². The molecule has 0 aromatic rings. The maximum Gasteiger partial charge on any atom is 0.227 e. The second-order valence-electron chi connectivity index (χ2n) is 5.34. The molecule has 1 amide bonds. The van der Waals surface area contributed by atoms with Crippen LogP contribution in [0.2, 0.25) is 0 Å². The van der Waals surface area contributed by atoms with Crippen LogP contribution in [0.25, 0.3) is 0 Å². The molecule has 0 saturated carbocycles. The van der Waals surface area contributed by atoms with Gasteiger partial charge in [-0.25, -0.2) is 0 Å². The van der Waals surface area contributed by atoms with Crippen LogP contribution in [-0.2, 0) is 9.53 Å². The van der Waals surface area contributed by atoms with Gasteiger partial charge in [0.05, 0.1) is 18.1 Å². The third-order valence-electron chi connectivity index (χ3n) is 3.87. The first kappa shape index (κ1) is 14.5. The lowest BCUT2D eigenvalue weighted by molar-refractivity contribution is -0.131. The van der Waals surface area contributed by atoms with Gasteiger partial charge in [0, 0.05) is 13.7 Å². The Morgan fingerprint density at radius 2 is 2.24 bits per heavy atom. The normalized spacial score (nSPS) is 26.2. The molecule has 1 heterocycles. The summed E-state index contributed by atoms with van der Waals surface area (Å²) in [5, 5.41) is 6.43. The molecule has 17 heavy (non-hydrogen) atoms. The van der Waals surface area contributed by atoms with E-state index in [0.29, 0.717) is 12.5 Å². The van der Waals surface area contributed by atoms with E-state index < -0.39 is 0 Å². The molecule has 0 aromatic heterocycles. The van der Waals surface area contributed by atoms with E-state index in [4.69, 9.17) is 4.74 Å². The molecule has 1 rings (SSSR count). The van der Waals surface area contributed by atoms with E-state index in [1.54, 1.807) is 7.11 Å². The number of ether oxygens (including phenoxy) is 1. The van der Waals surface area contributed by atoms with E-state index in [1.165, 1.54) is 0 Å². The summed E-state index contributed by atoms with van der Waals surface area (Å²) in [6.07, 6.45) is 1.83. The van der Waals surface area contributed by atoms with E-state index in [2.05, 4.69) is 31.4 Å². The number of amides is 1. The summed E-state index contributed by atoms with van der Waals surface area (Å²) in [4.78, 5) is 12.4. The molecule has 0 aromatic carbocycles. The van der Waals surface area contributed by atoms with Crippen molar-refractivity contribution in [2.24, 2.45) is 11.3 Å². The Bertz CT molecular complexity index is 248. The average molecular weight is 242 g/mol. The third kappa shape index (κ3) is 3.42. The SMILES string of the molecule is CCC1(C(=O)NC(COC)C(C)C)CCNC1. The zero-order chi connectivity index (χ0) is 12.9. The minimum Gasteiger partial charge on any atom is -0.383 e. The van der Waals surface area contributed by atoms with Crippen molar-refractivity contribution in [3.05, 3.63) is 0 Å². The number of hydrogen-bond acceptors (Lipinski definition) is 3. The van der Waals surface area contributed by atoms with Gasteiger partial charge in [0.1, 0.15) is 0 Å². The van der Waals surface area contributed by atoms with E-state index in [-0.39, 0.29) is 17.4 Å². The zero-order valence-corrected chi connectivity index (χ0v) is 11.5. The number of nitrogens with one attached hydrogen (secondary N) is 2. The second-order valence-corrected chi connectivity index (χ2v) is 5.34. The highest BCUT2D eigenvalue weighted by atomic mass is 16.5. The number of rotatable bonds is 6. The minimum atomic E-state index is -0.207. The average Bonchev–Trinajstić information content (AvgIpc) is 2.78. The van der Waals surface area contributed by atoms with Crippen molar-refractivity contribution in [2.75, 3.05) is 26.8 Å². The Morgan fingerprint density at radius 1 is 1.53 bits per heavy atom. The zero-order valence-electron chi connectivity index (χ0n) is 11.5. The Balaban J connectivity index is 2.62. The Kier molecular flexibility index (Phi) is 5.40. The Hall–Kier alpha value is -0.610. The van der Waals surface area contributed by atoms with Crippen molar-refractivity contribution in [3.63, 3.8) is 0 Å². The summed E-state index contributed by atoms with van der Waals surface area (Å²) >= 11 is 0. The molecule has 0 radical (unpaired) electrons. The minimum absolute atomic E-state index is 0.108. The van der Waals surface area contributed by atoms with Crippen LogP contribution in [0.5, 0.6) is 0 Å². The molecule has 1 saturated heterocycles. The molecule has 4 nitrogen and oxygen atoms in total. The van der Waals surface area contributed by atoms with Gasteiger partial charge in [-0.1, -0.05) is 20.8 Å². The van der Waals surface area contributed by atoms with Gasteiger partial charge in [-0.2, -0.15) is 0 Å². The standard InChI is InChI=1S/C13H26N2O2/c1-5-13(6-7-14-9-13)12(16)15-11(8-17-4)10(2)3/h10-11,14H,5-9H2,1-4H3,(H,15,16). The predicted molar refractivity (Wildman–Crippen MR) is 68.9 cm³/mol. The fraction of sp³-hybridized carbons (Fsp3) is 0.923. The van der Waals surface area contributed by atoms with Gasteiger partial charge in [-0.3, -0.25) is 4.79 Å². The molecule has 100 valence electrons. The number of carbonyl (C=O) groups excluding carboxylic acids is 1. The second kappa shape index (κ2) is 6.36. The maximum absolute atomic E-state index is 12.4. The molecule has 1 aliphatic rings. The van der Waals surface area contributed by atoms with Crippen molar-refractivity contribution >= 4 is 5.91 Å². The molecular formula is C13H26N2O2. The van der Waals surface area contributed by atoms with E-state index in [9.17, 15) is 4.79 Å². The van der Waals surface area contributed by atoms with Gasteiger partial charge < -0.3 is 15.4 Å². The van der Waals surface area contributed by atoms with Crippen LogP contribution in [0.3, 0.4) is 0 Å². The summed E-state index contributed by atoms with van der Waals surface area (Å²) < 4.78 is 5.17. The molecular weight excluding hydrogens is 216 g/mol. The monoisotopic (exact) mass is 242 g/mol. The molecule has 2 atom stereocenters. The predicted octanol–water partition coefficient (Wildman–Crippen LogP) is 1.16. The van der Waals surface area contributed by atoms with Crippen LogP contribution in [0, 0.1) is 11.3 Å². The molecule has 0 bridgehead atoms. The van der Waals surface area contributed by atoms with Gasteiger partial charge in [-0.15, -0.1) is 0 Å². The molecule has 0 spiro atoms. The highest BCUT2D eigenvalue weighted by Gasteiger charge is 2.40. The summed E-state index contributed by atoms with van der Waals surface area (Å²) in [6, 6.07) is 0.108. The van der Waals surface area contributed by atoms with Gasteiger partial charge in [-0.05, 0) is 25.3 Å². The number of methoxy groups -OCH3 is 1. The Labute approximate surface area is 104 Å². The van der Waals surface area contributed by atoms with Crippen LogP contribution in [0.1, 0.15) is 33.6 Å². The molecule has 1 aliphatic heterocycles. The van der Waals surface area contributed by atoms with E-state index >= 15 is 0 Å². The van der Waals surface area contributed by atoms with Gasteiger partial charge in [0.15, 0.2) is 0 Å². The first-order valence-corrected chi connectivity index (χ1v) is 6.56. The highest BCUT2D eigenvalue weighted by Crippen LogP contribution is 2.29. The van der Waals surface area contributed by atoms with E-state index in [1.807, 2.05) is 0 Å². The summed E-state index contributed by atoms with van der Waals surface area (Å²) in [7, 11) is 1.67. The quantitative estimate of drug-likeness (QED) is 0.735. The third-order valence-corrected chi connectivity index (χ3v) is 3.87. The molecule has 1 fully saturated rings. The van der Waals surface area contributed by atoms with Crippen LogP contribution >= 0.6 is 0 Å². The van der Waals surface area contributed by atoms with Crippen molar-refractivity contribution in [1.29, 1.82) is 0 Å². The first-order chi connectivity index (χ1) is 8.05. The fourth-order valence-electron chi connectivity index (χ4n) is 2.30. The fourth-order valence-corrected chi connectivity index (χ4v) is 2.30. The maximum atomic E-state index is 12.4. The van der Waals surface area contributed by atoms with Crippen LogP contribution < -0.4 is 10.6 Å². The largest absolute Gasteiger partial charge is 0.383 e. The smallest absolute Gasteiger partial charge is 0.227 e. The molecule has 0 aliphatic carbocycles. The lowest BCUT2D eigenvalue weighted by Gasteiger charge is -2.30. The first-order valence-electron chi connectivity index (χ1n) is 6.56. The van der Waals surface area contributed by atoms with Crippen molar-refractivity contribution in [2.45, 2.75) is 39.7 Å².